The van der Waals surface area contributed by atoms with Crippen LogP contribution < -0.4 is 0 Å². The number of Topliss-reactive ketones (excluding diaryl/α,β-unsaturated/α-hetero) is 1. The number of alkyl halides is 3. The molecule has 3 aromatic carbocycles. The van der Waals surface area contributed by atoms with Gasteiger partial charge in [-0.3, -0.25) is 4.79 Å². The summed E-state index contributed by atoms with van der Waals surface area (Å²) in [6.07, 6.45) is -0.615. The first-order valence-corrected chi connectivity index (χ1v) is 15.1. The van der Waals surface area contributed by atoms with E-state index in [0.717, 1.165) is 28.8 Å². The Morgan fingerprint density at radius 2 is 1.40 bits per heavy atom. The molecule has 0 radical (unpaired) electrons. The molecular weight excluding hydrogens is 565 g/mol. The number of hydrogen-bond acceptors (Lipinski definition) is 3. The third-order valence-corrected chi connectivity index (χ3v) is 7.02. The van der Waals surface area contributed by atoms with Crippen LogP contribution in [0.4, 0.5) is 13.2 Å². The molecule has 3 aromatic rings. The third kappa shape index (κ3) is 13.2. The van der Waals surface area contributed by atoms with Crippen LogP contribution >= 0.6 is 12.6 Å². The largest absolute Gasteiger partial charge is 0.416 e. The number of ketones is 1. The van der Waals surface area contributed by atoms with Gasteiger partial charge in [-0.1, -0.05) is 123 Å². The maximum atomic E-state index is 13.0. The van der Waals surface area contributed by atoms with Gasteiger partial charge < -0.3 is 5.11 Å². The Morgan fingerprint density at radius 3 is 1.81 bits per heavy atom. The molecule has 0 spiro atoms. The van der Waals surface area contributed by atoms with E-state index < -0.39 is 17.9 Å². The highest BCUT2D eigenvalue weighted by Gasteiger charge is 2.31. The molecular formula is C37H45F3O2S. The van der Waals surface area contributed by atoms with Gasteiger partial charge in [-0.15, -0.1) is 0 Å². The van der Waals surface area contributed by atoms with E-state index in [0.29, 0.717) is 29.7 Å². The number of rotatable bonds is 10. The van der Waals surface area contributed by atoms with Crippen molar-refractivity contribution in [2.45, 2.75) is 72.6 Å². The van der Waals surface area contributed by atoms with Crippen molar-refractivity contribution in [1.82, 2.24) is 0 Å². The monoisotopic (exact) mass is 610 g/mol. The van der Waals surface area contributed by atoms with E-state index in [-0.39, 0.29) is 11.7 Å². The van der Waals surface area contributed by atoms with Crippen molar-refractivity contribution >= 4 is 24.0 Å². The van der Waals surface area contributed by atoms with Crippen molar-refractivity contribution < 1.29 is 23.1 Å². The van der Waals surface area contributed by atoms with Crippen LogP contribution in [0.15, 0.2) is 103 Å². The lowest BCUT2D eigenvalue weighted by molar-refractivity contribution is -0.118. The standard InChI is InChI=1S/C26H27F3O.C9H12OS.C2H6/c1-5-21(17-24(6-2)26(27,28)29)23-13-9-20(10-14-23)16-25(30)15-19(4)22-11-7-18(3)8-12-22;1-7-2-4-8(5-3-7)9(10)6-11;1-2/h5-14,17,19H,2,15-16H2,1,3-4H3;2-5,9-11H,6H2,1H3;1-2H3/b21-5+,24-17+;;. The van der Waals surface area contributed by atoms with E-state index in [1.54, 1.807) is 37.3 Å². The number of aliphatic hydroxyl groups excluding tert-OH is 1. The molecule has 0 bridgehead atoms. The second-order valence-corrected chi connectivity index (χ2v) is 10.4. The fraction of sp³-hybridized carbons (Fsp3) is 0.324. The van der Waals surface area contributed by atoms with Crippen LogP contribution in [-0.2, 0) is 11.2 Å². The van der Waals surface area contributed by atoms with E-state index in [4.69, 9.17) is 0 Å². The normalized spacial score (nSPS) is 13.1. The van der Waals surface area contributed by atoms with E-state index in [1.807, 2.05) is 83.1 Å². The third-order valence-electron chi connectivity index (χ3n) is 6.67. The number of carbonyl (C=O) groups excluding carboxylic acids is 1. The van der Waals surface area contributed by atoms with Gasteiger partial charge in [0.05, 0.1) is 11.7 Å². The van der Waals surface area contributed by atoms with Crippen LogP contribution in [0.3, 0.4) is 0 Å². The summed E-state index contributed by atoms with van der Waals surface area (Å²) < 4.78 is 38.9. The van der Waals surface area contributed by atoms with Crippen LogP contribution in [0.1, 0.15) is 79.5 Å². The maximum absolute atomic E-state index is 13.0. The van der Waals surface area contributed by atoms with Gasteiger partial charge in [0.2, 0.25) is 0 Å². The summed E-state index contributed by atoms with van der Waals surface area (Å²) in [5, 5.41) is 9.34. The zero-order valence-corrected chi connectivity index (χ0v) is 27.0. The van der Waals surface area contributed by atoms with Crippen molar-refractivity contribution in [3.63, 3.8) is 0 Å². The number of thiol groups is 1. The van der Waals surface area contributed by atoms with Crippen LogP contribution in [-0.4, -0.2) is 22.8 Å². The van der Waals surface area contributed by atoms with Crippen molar-refractivity contribution in [1.29, 1.82) is 0 Å². The molecule has 3 rings (SSSR count). The molecule has 1 N–H and O–H groups in total. The van der Waals surface area contributed by atoms with Crippen LogP contribution in [0, 0.1) is 13.8 Å². The first-order valence-electron chi connectivity index (χ1n) is 14.5. The molecule has 0 aliphatic heterocycles. The molecule has 2 unspecified atom stereocenters. The fourth-order valence-corrected chi connectivity index (χ4v) is 4.33. The van der Waals surface area contributed by atoms with Crippen molar-refractivity contribution in [2.24, 2.45) is 0 Å². The summed E-state index contributed by atoms with van der Waals surface area (Å²) in [5.74, 6) is 0.744. The number of benzene rings is 3. The van der Waals surface area contributed by atoms with Gasteiger partial charge in [-0.25, -0.2) is 0 Å². The van der Waals surface area contributed by atoms with Crippen LogP contribution in [0.2, 0.25) is 0 Å². The molecule has 6 heteroatoms. The summed E-state index contributed by atoms with van der Waals surface area (Å²) in [7, 11) is 0. The lowest BCUT2D eigenvalue weighted by Gasteiger charge is -2.12. The molecule has 0 amide bonds. The predicted molar refractivity (Wildman–Crippen MR) is 179 cm³/mol. The van der Waals surface area contributed by atoms with Crippen molar-refractivity contribution in [3.05, 3.63) is 137 Å². The Balaban J connectivity index is 0.000000592. The number of hydrogen-bond donors (Lipinski definition) is 2. The number of halogens is 3. The summed E-state index contributed by atoms with van der Waals surface area (Å²) in [4.78, 5) is 12.5. The Hall–Kier alpha value is -3.35. The van der Waals surface area contributed by atoms with Gasteiger partial charge >= 0.3 is 6.18 Å². The Kier molecular flexibility index (Phi) is 16.7. The molecule has 232 valence electrons. The van der Waals surface area contributed by atoms with Gasteiger partial charge in [0.25, 0.3) is 0 Å². The zero-order valence-electron chi connectivity index (χ0n) is 26.1. The van der Waals surface area contributed by atoms with E-state index in [9.17, 15) is 23.1 Å². The molecule has 0 fully saturated rings. The highest BCUT2D eigenvalue weighted by molar-refractivity contribution is 7.80. The van der Waals surface area contributed by atoms with Crippen molar-refractivity contribution in [3.8, 4) is 0 Å². The summed E-state index contributed by atoms with van der Waals surface area (Å²) in [5.41, 5.74) is 5.63. The van der Waals surface area contributed by atoms with E-state index in [2.05, 4.69) is 19.2 Å². The Labute approximate surface area is 261 Å². The lowest BCUT2D eigenvalue weighted by atomic mass is 9.92. The molecule has 2 nitrogen and oxygen atoms in total. The molecule has 43 heavy (non-hydrogen) atoms. The van der Waals surface area contributed by atoms with Crippen LogP contribution in [0.25, 0.3) is 5.57 Å². The first-order chi connectivity index (χ1) is 20.4. The van der Waals surface area contributed by atoms with Gasteiger partial charge in [-0.2, -0.15) is 25.8 Å². The van der Waals surface area contributed by atoms with E-state index >= 15 is 0 Å². The molecule has 0 saturated heterocycles. The fourth-order valence-electron chi connectivity index (χ4n) is 4.12. The van der Waals surface area contributed by atoms with E-state index in [1.165, 1.54) is 11.1 Å². The molecule has 0 aromatic heterocycles. The second-order valence-electron chi connectivity index (χ2n) is 10.1. The summed E-state index contributed by atoms with van der Waals surface area (Å²) in [6, 6.07) is 23.1. The number of carbonyl (C=O) groups is 1. The maximum Gasteiger partial charge on any atom is 0.416 e. The van der Waals surface area contributed by atoms with Gasteiger partial charge in [-0.05, 0) is 60.6 Å². The minimum absolute atomic E-state index is 0.132. The Bertz CT molecular complexity index is 1320. The molecule has 0 aliphatic carbocycles. The second kappa shape index (κ2) is 19.0. The average Bonchev–Trinajstić information content (AvgIpc) is 2.99. The van der Waals surface area contributed by atoms with Gasteiger partial charge in [0.1, 0.15) is 5.78 Å². The van der Waals surface area contributed by atoms with Crippen LogP contribution in [0.5, 0.6) is 0 Å². The molecule has 0 heterocycles. The Morgan fingerprint density at radius 1 is 0.907 bits per heavy atom. The minimum Gasteiger partial charge on any atom is -0.388 e. The summed E-state index contributed by atoms with van der Waals surface area (Å²) in [6.45, 7) is 15.0. The average molecular weight is 611 g/mol. The topological polar surface area (TPSA) is 37.3 Å². The highest BCUT2D eigenvalue weighted by Crippen LogP contribution is 2.30. The minimum atomic E-state index is -4.45. The highest BCUT2D eigenvalue weighted by atomic mass is 32.1. The predicted octanol–water partition coefficient (Wildman–Crippen LogP) is 10.4. The number of aliphatic hydroxyl groups is 1. The van der Waals surface area contributed by atoms with Crippen molar-refractivity contribution in [2.75, 3.05) is 5.75 Å². The lowest BCUT2D eigenvalue weighted by Crippen LogP contribution is -2.10. The smallest absolute Gasteiger partial charge is 0.388 e. The quantitative estimate of drug-likeness (QED) is 0.177. The molecule has 2 atom stereocenters. The number of aryl methyl sites for hydroxylation is 2. The number of allylic oxidation sites excluding steroid dienone is 5. The zero-order chi connectivity index (χ0) is 32.6. The molecule has 0 aliphatic rings. The van der Waals surface area contributed by atoms with Gasteiger partial charge in [0.15, 0.2) is 0 Å². The molecule has 0 saturated carbocycles. The SMILES string of the molecule is C=C/C(=C\C(=C/C)c1ccc(CC(=O)CC(C)c2ccc(C)cc2)cc1)C(F)(F)F.CC.Cc1ccc(C(O)CS)cc1. The van der Waals surface area contributed by atoms with Gasteiger partial charge in [0, 0.05) is 18.6 Å². The first kappa shape index (κ1) is 37.7. The summed E-state index contributed by atoms with van der Waals surface area (Å²) >= 11 is 4.00.